The molecule has 0 aliphatic rings. The van der Waals surface area contributed by atoms with Crippen molar-refractivity contribution in [2.24, 2.45) is 0 Å². The Morgan fingerprint density at radius 1 is 0.438 bits per heavy atom. The summed E-state index contributed by atoms with van der Waals surface area (Å²) in [6.45, 7) is 4.86. The van der Waals surface area contributed by atoms with E-state index in [1.165, 1.54) is 205 Å². The largest absolute Gasteiger partial charge is 0.466 e. The average molecular weight is 903 g/mol. The van der Waals surface area contributed by atoms with E-state index in [-0.39, 0.29) is 18.5 Å². The first kappa shape index (κ1) is 62.3. The second-order valence-electron chi connectivity index (χ2n) is 19.6. The van der Waals surface area contributed by atoms with Gasteiger partial charge in [0.25, 0.3) is 0 Å². The number of unbranched alkanes of at least 4 members (excludes halogenated alkanes) is 38. The number of aliphatic hydroxyl groups excluding tert-OH is 2. The molecule has 0 aromatic rings. The number of amides is 1. The Morgan fingerprint density at radius 2 is 0.812 bits per heavy atom. The zero-order valence-electron chi connectivity index (χ0n) is 43.0. The van der Waals surface area contributed by atoms with Crippen LogP contribution in [0, 0.1) is 0 Å². The predicted octanol–water partition coefficient (Wildman–Crippen LogP) is 17.5. The summed E-state index contributed by atoms with van der Waals surface area (Å²) >= 11 is 0. The summed E-state index contributed by atoms with van der Waals surface area (Å²) in [6, 6.07) is -0.557. The summed E-state index contributed by atoms with van der Waals surface area (Å²) in [5, 5.41) is 23.3. The van der Waals surface area contributed by atoms with Gasteiger partial charge in [-0.2, -0.15) is 0 Å². The molecule has 0 heterocycles. The summed E-state index contributed by atoms with van der Waals surface area (Å²) in [6.07, 6.45) is 64.5. The van der Waals surface area contributed by atoms with Crippen LogP contribution in [0.3, 0.4) is 0 Å². The SMILES string of the molecule is CCC/C=C\C/C=C\CCCCCCCC(=O)OCCCCCCCCCCCCCC(=O)NC(CO)C(O)CCCCCCCCCCCCCCCCCCCCCCCCC. The number of carbonyl (C=O) groups is 2. The van der Waals surface area contributed by atoms with E-state index in [1.807, 2.05) is 0 Å². The van der Waals surface area contributed by atoms with Crippen LogP contribution in [0.5, 0.6) is 0 Å². The third-order valence-corrected chi connectivity index (χ3v) is 13.2. The molecule has 0 aromatic heterocycles. The minimum Gasteiger partial charge on any atom is -0.466 e. The van der Waals surface area contributed by atoms with Crippen LogP contribution in [-0.4, -0.2) is 47.4 Å². The lowest BCUT2D eigenvalue weighted by molar-refractivity contribution is -0.143. The number of carbonyl (C=O) groups excluding carboxylic acids is 2. The monoisotopic (exact) mass is 902 g/mol. The molecule has 1 amide bonds. The lowest BCUT2D eigenvalue weighted by Crippen LogP contribution is -2.45. The minimum atomic E-state index is -0.678. The van der Waals surface area contributed by atoms with Crippen molar-refractivity contribution in [1.82, 2.24) is 5.32 Å². The van der Waals surface area contributed by atoms with Crippen molar-refractivity contribution in [1.29, 1.82) is 0 Å². The van der Waals surface area contributed by atoms with Gasteiger partial charge in [0, 0.05) is 12.8 Å². The van der Waals surface area contributed by atoms with Crippen molar-refractivity contribution in [2.75, 3.05) is 13.2 Å². The van der Waals surface area contributed by atoms with E-state index in [1.54, 1.807) is 0 Å². The van der Waals surface area contributed by atoms with Crippen molar-refractivity contribution < 1.29 is 24.5 Å². The van der Waals surface area contributed by atoms with Crippen molar-refractivity contribution >= 4 is 11.9 Å². The van der Waals surface area contributed by atoms with Gasteiger partial charge in [-0.15, -0.1) is 0 Å². The Kier molecular flexibility index (Phi) is 52.6. The highest BCUT2D eigenvalue weighted by molar-refractivity contribution is 5.76. The summed E-state index contributed by atoms with van der Waals surface area (Å²) in [4.78, 5) is 24.5. The van der Waals surface area contributed by atoms with Gasteiger partial charge in [-0.3, -0.25) is 9.59 Å². The number of hydrogen-bond donors (Lipinski definition) is 3. The van der Waals surface area contributed by atoms with E-state index < -0.39 is 12.1 Å². The van der Waals surface area contributed by atoms with E-state index in [0.29, 0.717) is 25.9 Å². The first-order chi connectivity index (χ1) is 31.5. The predicted molar refractivity (Wildman–Crippen MR) is 278 cm³/mol. The van der Waals surface area contributed by atoms with Gasteiger partial charge in [0.15, 0.2) is 0 Å². The molecule has 0 rings (SSSR count). The molecule has 0 aromatic carbocycles. The van der Waals surface area contributed by atoms with Gasteiger partial charge < -0.3 is 20.3 Å². The molecule has 0 saturated heterocycles. The molecule has 2 atom stereocenters. The maximum Gasteiger partial charge on any atom is 0.305 e. The van der Waals surface area contributed by atoms with E-state index in [9.17, 15) is 19.8 Å². The molecule has 378 valence electrons. The molecule has 0 aliphatic carbocycles. The molecule has 0 radical (unpaired) electrons. The molecule has 0 aliphatic heterocycles. The number of ether oxygens (including phenoxy) is 1. The second-order valence-corrected chi connectivity index (χ2v) is 19.6. The molecule has 0 spiro atoms. The Morgan fingerprint density at radius 3 is 1.25 bits per heavy atom. The van der Waals surface area contributed by atoms with Crippen LogP contribution < -0.4 is 5.32 Å². The van der Waals surface area contributed by atoms with Gasteiger partial charge in [0.2, 0.25) is 5.91 Å². The fourth-order valence-corrected chi connectivity index (χ4v) is 8.85. The number of hydrogen-bond acceptors (Lipinski definition) is 5. The number of nitrogens with one attached hydrogen (secondary N) is 1. The molecule has 0 saturated carbocycles. The third kappa shape index (κ3) is 49.8. The van der Waals surface area contributed by atoms with Gasteiger partial charge in [-0.1, -0.05) is 269 Å². The van der Waals surface area contributed by atoms with Crippen molar-refractivity contribution in [2.45, 2.75) is 321 Å². The fourth-order valence-electron chi connectivity index (χ4n) is 8.85. The van der Waals surface area contributed by atoms with Crippen LogP contribution in [-0.2, 0) is 14.3 Å². The quantitative estimate of drug-likeness (QED) is 0.0321. The average Bonchev–Trinajstić information content (AvgIpc) is 3.29. The molecule has 6 nitrogen and oxygen atoms in total. The highest BCUT2D eigenvalue weighted by Gasteiger charge is 2.20. The first-order valence-corrected chi connectivity index (χ1v) is 28.6. The zero-order valence-corrected chi connectivity index (χ0v) is 43.0. The maximum absolute atomic E-state index is 12.5. The summed E-state index contributed by atoms with van der Waals surface area (Å²) in [5.74, 6) is -0.0802. The van der Waals surface area contributed by atoms with Crippen molar-refractivity contribution in [3.05, 3.63) is 24.3 Å². The Hall–Kier alpha value is -1.66. The van der Waals surface area contributed by atoms with Crippen LogP contribution in [0.25, 0.3) is 0 Å². The Balaban J connectivity index is 3.46. The highest BCUT2D eigenvalue weighted by atomic mass is 16.5. The fraction of sp³-hybridized carbons (Fsp3) is 0.897. The standard InChI is InChI=1S/C58H111NO5/c1-3-5-7-9-11-13-15-17-18-19-20-21-22-23-24-25-26-28-30-34-38-42-46-50-56(61)55(54-60)59-57(62)51-47-43-39-35-31-29-33-37-41-45-49-53-64-58(63)52-48-44-40-36-32-27-16-14-12-10-8-6-4-2/h8,10,14,16,55-56,60-61H,3-7,9,11-13,15,17-54H2,1-2H3,(H,59,62)/b10-8-,16-14-. The minimum absolute atomic E-state index is 0.0281. The molecular weight excluding hydrogens is 791 g/mol. The molecule has 0 fully saturated rings. The van der Waals surface area contributed by atoms with Gasteiger partial charge in [-0.25, -0.2) is 0 Å². The van der Waals surface area contributed by atoms with Crippen LogP contribution >= 0.6 is 0 Å². The van der Waals surface area contributed by atoms with Crippen molar-refractivity contribution in [3.63, 3.8) is 0 Å². The number of esters is 1. The Bertz CT molecular complexity index is 997. The van der Waals surface area contributed by atoms with Gasteiger partial charge in [-0.05, 0) is 51.4 Å². The topological polar surface area (TPSA) is 95.9 Å². The third-order valence-electron chi connectivity index (χ3n) is 13.2. The van der Waals surface area contributed by atoms with Crippen LogP contribution in [0.4, 0.5) is 0 Å². The molecule has 64 heavy (non-hydrogen) atoms. The van der Waals surface area contributed by atoms with Crippen molar-refractivity contribution in [3.8, 4) is 0 Å². The maximum atomic E-state index is 12.5. The molecule has 0 bridgehead atoms. The van der Waals surface area contributed by atoms with Gasteiger partial charge >= 0.3 is 5.97 Å². The second kappa shape index (κ2) is 54.0. The van der Waals surface area contributed by atoms with Crippen LogP contribution in [0.15, 0.2) is 24.3 Å². The van der Waals surface area contributed by atoms with Gasteiger partial charge in [0.1, 0.15) is 0 Å². The highest BCUT2D eigenvalue weighted by Crippen LogP contribution is 2.17. The molecule has 6 heteroatoms. The van der Waals surface area contributed by atoms with Crippen LogP contribution in [0.1, 0.15) is 309 Å². The van der Waals surface area contributed by atoms with E-state index in [4.69, 9.17) is 4.74 Å². The Labute approximate surface area is 399 Å². The van der Waals surface area contributed by atoms with E-state index >= 15 is 0 Å². The summed E-state index contributed by atoms with van der Waals surface area (Å²) < 4.78 is 5.45. The molecule has 2 unspecified atom stereocenters. The summed E-state index contributed by atoms with van der Waals surface area (Å²) in [5.41, 5.74) is 0. The molecular formula is C58H111NO5. The number of rotatable bonds is 53. The van der Waals surface area contributed by atoms with E-state index in [2.05, 4.69) is 43.5 Å². The van der Waals surface area contributed by atoms with E-state index in [0.717, 1.165) is 70.6 Å². The lowest BCUT2D eigenvalue weighted by atomic mass is 10.0. The normalized spacial score (nSPS) is 12.8. The van der Waals surface area contributed by atoms with Gasteiger partial charge in [0.05, 0.1) is 25.4 Å². The molecule has 3 N–H and O–H groups in total. The zero-order chi connectivity index (χ0) is 46.5. The lowest BCUT2D eigenvalue weighted by Gasteiger charge is -2.22. The summed E-state index contributed by atoms with van der Waals surface area (Å²) in [7, 11) is 0. The first-order valence-electron chi connectivity index (χ1n) is 28.6. The number of allylic oxidation sites excluding steroid dienone is 4. The smallest absolute Gasteiger partial charge is 0.305 e. The number of aliphatic hydroxyl groups is 2. The van der Waals surface area contributed by atoms with Crippen LogP contribution in [0.2, 0.25) is 0 Å².